The van der Waals surface area contributed by atoms with Crippen molar-refractivity contribution >= 4 is 17.7 Å². The van der Waals surface area contributed by atoms with Gasteiger partial charge in [-0.3, -0.25) is 4.99 Å². The third-order valence-electron chi connectivity index (χ3n) is 3.91. The molecule has 1 atom stereocenters. The summed E-state index contributed by atoms with van der Waals surface area (Å²) < 4.78 is 0. The quantitative estimate of drug-likeness (QED) is 0.482. The second kappa shape index (κ2) is 8.98. The number of rotatable bonds is 6. The monoisotopic (exact) mass is 305 g/mol. The number of hydrogen-bond acceptors (Lipinski definition) is 2. The molecule has 2 rings (SSSR count). The lowest BCUT2D eigenvalue weighted by Gasteiger charge is -2.24. The summed E-state index contributed by atoms with van der Waals surface area (Å²) in [5, 5.41) is 6.74. The van der Waals surface area contributed by atoms with Gasteiger partial charge in [0.1, 0.15) is 0 Å². The Hall–Kier alpha value is -1.16. The number of hydrogen-bond donors (Lipinski definition) is 2. The zero-order chi connectivity index (χ0) is 14.9. The van der Waals surface area contributed by atoms with E-state index < -0.39 is 0 Å². The third-order valence-corrected chi connectivity index (χ3v) is 4.52. The first-order valence-corrected chi connectivity index (χ1v) is 9.33. The van der Waals surface area contributed by atoms with E-state index in [0.29, 0.717) is 5.92 Å². The van der Waals surface area contributed by atoms with E-state index in [4.69, 9.17) is 4.99 Å². The Bertz CT molecular complexity index is 459. The molecule has 0 bridgehead atoms. The van der Waals surface area contributed by atoms with Crippen LogP contribution in [0.3, 0.4) is 0 Å². The molecule has 2 N–H and O–H groups in total. The van der Waals surface area contributed by atoms with E-state index in [1.165, 1.54) is 30.4 Å². The number of benzene rings is 1. The van der Waals surface area contributed by atoms with Gasteiger partial charge in [-0.25, -0.2) is 0 Å². The third kappa shape index (κ3) is 4.95. The molecule has 0 aliphatic heterocycles. The lowest BCUT2D eigenvalue weighted by molar-refractivity contribution is 0.559. The van der Waals surface area contributed by atoms with Gasteiger partial charge in [-0.2, -0.15) is 11.8 Å². The van der Waals surface area contributed by atoms with Crippen LogP contribution in [0.1, 0.15) is 36.8 Å². The molecule has 1 aromatic rings. The van der Waals surface area contributed by atoms with Crippen LogP contribution in [-0.4, -0.2) is 37.6 Å². The van der Waals surface area contributed by atoms with Crippen molar-refractivity contribution in [2.75, 3.05) is 31.6 Å². The van der Waals surface area contributed by atoms with Crippen LogP contribution in [0.5, 0.6) is 0 Å². The number of thioether (sulfide) groups is 1. The second-order valence-electron chi connectivity index (χ2n) is 5.43. The molecule has 0 saturated heterocycles. The maximum Gasteiger partial charge on any atom is 0.191 e. The van der Waals surface area contributed by atoms with Gasteiger partial charge < -0.3 is 10.6 Å². The predicted octanol–water partition coefficient (Wildman–Crippen LogP) is 3.02. The van der Waals surface area contributed by atoms with Crippen LogP contribution in [0.15, 0.2) is 29.3 Å². The lowest BCUT2D eigenvalue weighted by Crippen LogP contribution is -2.38. The van der Waals surface area contributed by atoms with Gasteiger partial charge in [0.05, 0.1) is 0 Å². The first kappa shape index (κ1) is 16.2. The molecule has 1 aliphatic rings. The normalized spacial score (nSPS) is 18.2. The molecule has 0 heterocycles. The summed E-state index contributed by atoms with van der Waals surface area (Å²) in [5.41, 5.74) is 3.02. The van der Waals surface area contributed by atoms with Gasteiger partial charge in [-0.05, 0) is 43.6 Å². The van der Waals surface area contributed by atoms with Crippen LogP contribution >= 0.6 is 11.8 Å². The number of guanidine groups is 1. The van der Waals surface area contributed by atoms with Gasteiger partial charge in [0.15, 0.2) is 5.96 Å². The first-order chi connectivity index (χ1) is 10.3. The summed E-state index contributed by atoms with van der Waals surface area (Å²) in [6.45, 7) is 4.87. The molecule has 0 spiro atoms. The highest BCUT2D eigenvalue weighted by Crippen LogP contribution is 2.31. The van der Waals surface area contributed by atoms with Crippen LogP contribution in [0.2, 0.25) is 0 Å². The van der Waals surface area contributed by atoms with Crippen molar-refractivity contribution in [3.05, 3.63) is 35.4 Å². The second-order valence-corrected chi connectivity index (χ2v) is 6.41. The SMILES string of the molecule is CCNC(=NCC1CCCc2ccccc21)NCCSC. The zero-order valence-corrected chi connectivity index (χ0v) is 14.0. The first-order valence-electron chi connectivity index (χ1n) is 7.94. The molecule has 0 radical (unpaired) electrons. The summed E-state index contributed by atoms with van der Waals surface area (Å²) >= 11 is 1.85. The van der Waals surface area contributed by atoms with Gasteiger partial charge in [-0.15, -0.1) is 0 Å². The average molecular weight is 305 g/mol. The molecule has 0 aromatic heterocycles. The Labute approximate surface area is 133 Å². The topological polar surface area (TPSA) is 36.4 Å². The summed E-state index contributed by atoms with van der Waals surface area (Å²) in [5.74, 6) is 2.64. The number of nitrogens with one attached hydrogen (secondary N) is 2. The van der Waals surface area contributed by atoms with Crippen molar-refractivity contribution in [2.45, 2.75) is 32.1 Å². The minimum Gasteiger partial charge on any atom is -0.357 e. The predicted molar refractivity (Wildman–Crippen MR) is 94.5 cm³/mol. The molecule has 1 aliphatic carbocycles. The molecular weight excluding hydrogens is 278 g/mol. The van der Waals surface area contributed by atoms with E-state index in [2.05, 4.69) is 48.1 Å². The smallest absolute Gasteiger partial charge is 0.191 e. The molecular formula is C17H27N3S. The Morgan fingerprint density at radius 3 is 3.00 bits per heavy atom. The van der Waals surface area contributed by atoms with Crippen LogP contribution in [-0.2, 0) is 6.42 Å². The van der Waals surface area contributed by atoms with Gasteiger partial charge in [0.25, 0.3) is 0 Å². The van der Waals surface area contributed by atoms with Crippen LogP contribution < -0.4 is 10.6 Å². The van der Waals surface area contributed by atoms with Crippen molar-refractivity contribution in [3.63, 3.8) is 0 Å². The molecule has 21 heavy (non-hydrogen) atoms. The van der Waals surface area contributed by atoms with E-state index >= 15 is 0 Å². The van der Waals surface area contributed by atoms with Crippen molar-refractivity contribution in [2.24, 2.45) is 4.99 Å². The van der Waals surface area contributed by atoms with Gasteiger partial charge >= 0.3 is 0 Å². The van der Waals surface area contributed by atoms with Crippen molar-refractivity contribution in [1.29, 1.82) is 0 Å². The molecule has 1 unspecified atom stereocenters. The molecule has 4 heteroatoms. The Kier molecular flexibility index (Phi) is 6.93. The highest BCUT2D eigenvalue weighted by Gasteiger charge is 2.19. The van der Waals surface area contributed by atoms with E-state index in [-0.39, 0.29) is 0 Å². The molecule has 0 fully saturated rings. The van der Waals surface area contributed by atoms with Gasteiger partial charge in [0.2, 0.25) is 0 Å². The number of fused-ring (bicyclic) bond motifs is 1. The van der Waals surface area contributed by atoms with E-state index in [1.807, 2.05) is 11.8 Å². The van der Waals surface area contributed by atoms with E-state index in [9.17, 15) is 0 Å². The maximum absolute atomic E-state index is 4.79. The van der Waals surface area contributed by atoms with Crippen molar-refractivity contribution in [3.8, 4) is 0 Å². The fourth-order valence-electron chi connectivity index (χ4n) is 2.86. The minimum atomic E-state index is 0.575. The average Bonchev–Trinajstić information content (AvgIpc) is 2.53. The fraction of sp³-hybridized carbons (Fsp3) is 0.588. The van der Waals surface area contributed by atoms with Gasteiger partial charge in [0, 0.05) is 31.3 Å². The molecule has 3 nitrogen and oxygen atoms in total. The van der Waals surface area contributed by atoms with Crippen molar-refractivity contribution < 1.29 is 0 Å². The Balaban J connectivity index is 1.97. The number of aliphatic imine (C=N–C) groups is 1. The molecule has 0 amide bonds. The molecule has 1 aromatic carbocycles. The Morgan fingerprint density at radius 2 is 2.19 bits per heavy atom. The summed E-state index contributed by atoms with van der Waals surface area (Å²) in [6.07, 6.45) is 5.89. The van der Waals surface area contributed by atoms with Crippen LogP contribution in [0.4, 0.5) is 0 Å². The number of nitrogens with zero attached hydrogens (tertiary/aromatic N) is 1. The van der Waals surface area contributed by atoms with Crippen molar-refractivity contribution in [1.82, 2.24) is 10.6 Å². The van der Waals surface area contributed by atoms with Crippen LogP contribution in [0, 0.1) is 0 Å². The lowest BCUT2D eigenvalue weighted by atomic mass is 9.83. The highest BCUT2D eigenvalue weighted by molar-refractivity contribution is 7.98. The summed E-state index contributed by atoms with van der Waals surface area (Å²) in [4.78, 5) is 4.79. The largest absolute Gasteiger partial charge is 0.357 e. The highest BCUT2D eigenvalue weighted by atomic mass is 32.2. The van der Waals surface area contributed by atoms with E-state index in [0.717, 1.165) is 31.3 Å². The molecule has 0 saturated carbocycles. The standard InChI is InChI=1S/C17H27N3S/c1-3-18-17(19-11-12-21-2)20-13-15-9-6-8-14-7-4-5-10-16(14)15/h4-5,7,10,15H,3,6,8-9,11-13H2,1-2H3,(H2,18,19,20). The fourth-order valence-corrected chi connectivity index (χ4v) is 3.17. The Morgan fingerprint density at radius 1 is 1.33 bits per heavy atom. The maximum atomic E-state index is 4.79. The summed E-state index contributed by atoms with van der Waals surface area (Å²) in [6, 6.07) is 8.86. The number of aryl methyl sites for hydroxylation is 1. The van der Waals surface area contributed by atoms with E-state index in [1.54, 1.807) is 0 Å². The van der Waals surface area contributed by atoms with Crippen LogP contribution in [0.25, 0.3) is 0 Å². The molecule has 116 valence electrons. The van der Waals surface area contributed by atoms with Gasteiger partial charge in [-0.1, -0.05) is 24.3 Å². The minimum absolute atomic E-state index is 0.575. The summed E-state index contributed by atoms with van der Waals surface area (Å²) in [7, 11) is 0. The zero-order valence-electron chi connectivity index (χ0n) is 13.2.